The third-order valence-electron chi connectivity index (χ3n) is 4.04. The Bertz CT molecular complexity index is 239. The zero-order valence-electron chi connectivity index (χ0n) is 10.0. The maximum absolute atomic E-state index is 2.48. The van der Waals surface area contributed by atoms with Gasteiger partial charge in [-0.1, -0.05) is 38.0 Å². The molecule has 0 bridgehead atoms. The van der Waals surface area contributed by atoms with Crippen molar-refractivity contribution < 1.29 is 0 Å². The second kappa shape index (κ2) is 5.53. The molecule has 0 heterocycles. The lowest BCUT2D eigenvalue weighted by atomic mass is 9.76. The molecular formula is C15H24. The van der Waals surface area contributed by atoms with Crippen molar-refractivity contribution in [3.05, 3.63) is 23.8 Å². The van der Waals surface area contributed by atoms with Crippen LogP contribution in [0.5, 0.6) is 0 Å². The summed E-state index contributed by atoms with van der Waals surface area (Å²) in [7, 11) is 0. The lowest BCUT2D eigenvalue weighted by Gasteiger charge is -2.29. The summed E-state index contributed by atoms with van der Waals surface area (Å²) in [6.07, 6.45) is 18.4. The lowest BCUT2D eigenvalue weighted by molar-refractivity contribution is 0.288. The quantitative estimate of drug-likeness (QED) is 0.615. The van der Waals surface area contributed by atoms with Crippen molar-refractivity contribution in [2.45, 2.75) is 58.3 Å². The Hall–Kier alpha value is -0.520. The zero-order valence-corrected chi connectivity index (χ0v) is 10.0. The van der Waals surface area contributed by atoms with Crippen LogP contribution in [-0.2, 0) is 0 Å². The highest BCUT2D eigenvalue weighted by atomic mass is 14.3. The van der Waals surface area contributed by atoms with Gasteiger partial charge in [0.15, 0.2) is 0 Å². The molecule has 0 atom stereocenters. The van der Waals surface area contributed by atoms with E-state index in [1.165, 1.54) is 51.4 Å². The van der Waals surface area contributed by atoms with Gasteiger partial charge in [-0.15, -0.1) is 0 Å². The molecule has 0 radical (unpaired) electrons. The van der Waals surface area contributed by atoms with Crippen molar-refractivity contribution in [3.63, 3.8) is 0 Å². The van der Waals surface area contributed by atoms with E-state index in [2.05, 4.69) is 25.2 Å². The summed E-state index contributed by atoms with van der Waals surface area (Å²) in [5.74, 6) is 1.94. The van der Waals surface area contributed by atoms with Gasteiger partial charge in [0.25, 0.3) is 0 Å². The summed E-state index contributed by atoms with van der Waals surface area (Å²) in [4.78, 5) is 0. The van der Waals surface area contributed by atoms with Crippen LogP contribution < -0.4 is 0 Å². The van der Waals surface area contributed by atoms with Gasteiger partial charge in [0, 0.05) is 0 Å². The minimum atomic E-state index is 0.898. The van der Waals surface area contributed by atoms with Crippen LogP contribution in [0.4, 0.5) is 0 Å². The van der Waals surface area contributed by atoms with Gasteiger partial charge in [0.1, 0.15) is 0 Å². The van der Waals surface area contributed by atoms with Crippen LogP contribution >= 0.6 is 0 Å². The number of rotatable bonds is 3. The molecule has 0 aromatic rings. The Morgan fingerprint density at radius 2 is 1.93 bits per heavy atom. The van der Waals surface area contributed by atoms with Crippen molar-refractivity contribution in [2.24, 2.45) is 11.8 Å². The van der Waals surface area contributed by atoms with Gasteiger partial charge in [-0.2, -0.15) is 0 Å². The summed E-state index contributed by atoms with van der Waals surface area (Å²) < 4.78 is 0. The average Bonchev–Trinajstić information content (AvgIpc) is 2.32. The second-order valence-electron chi connectivity index (χ2n) is 5.19. The van der Waals surface area contributed by atoms with Gasteiger partial charge >= 0.3 is 0 Å². The zero-order chi connectivity index (χ0) is 10.5. The van der Waals surface area contributed by atoms with Gasteiger partial charge in [0.05, 0.1) is 0 Å². The van der Waals surface area contributed by atoms with Crippen molar-refractivity contribution in [1.82, 2.24) is 0 Å². The largest absolute Gasteiger partial charge is 0.0840 e. The van der Waals surface area contributed by atoms with E-state index in [1.54, 1.807) is 5.57 Å². The van der Waals surface area contributed by atoms with E-state index >= 15 is 0 Å². The minimum absolute atomic E-state index is 0.898. The highest BCUT2D eigenvalue weighted by Crippen LogP contribution is 2.36. The number of allylic oxidation sites excluding steroid dienone is 4. The fourth-order valence-electron chi connectivity index (χ4n) is 3.13. The molecule has 0 aromatic heterocycles. The van der Waals surface area contributed by atoms with Crippen LogP contribution in [-0.4, -0.2) is 0 Å². The Kier molecular flexibility index (Phi) is 4.05. The van der Waals surface area contributed by atoms with E-state index in [0.717, 1.165) is 11.8 Å². The van der Waals surface area contributed by atoms with E-state index in [-0.39, 0.29) is 0 Å². The second-order valence-corrected chi connectivity index (χ2v) is 5.19. The van der Waals surface area contributed by atoms with Crippen molar-refractivity contribution in [1.29, 1.82) is 0 Å². The smallest absolute Gasteiger partial charge is 0.0165 e. The van der Waals surface area contributed by atoms with Gasteiger partial charge in [-0.25, -0.2) is 0 Å². The molecule has 1 fully saturated rings. The van der Waals surface area contributed by atoms with Crippen molar-refractivity contribution >= 4 is 0 Å². The lowest BCUT2D eigenvalue weighted by Crippen LogP contribution is -2.16. The van der Waals surface area contributed by atoms with Gasteiger partial charge in [-0.05, 0) is 55.9 Å². The third-order valence-corrected chi connectivity index (χ3v) is 4.04. The molecule has 1 saturated carbocycles. The van der Waals surface area contributed by atoms with E-state index in [0.29, 0.717) is 0 Å². The normalized spacial score (nSPS) is 31.4. The van der Waals surface area contributed by atoms with Gasteiger partial charge in [-0.3, -0.25) is 0 Å². The molecular weight excluding hydrogens is 180 g/mol. The Morgan fingerprint density at radius 1 is 1.13 bits per heavy atom. The number of hydrogen-bond donors (Lipinski definition) is 0. The van der Waals surface area contributed by atoms with Crippen LogP contribution in [0.3, 0.4) is 0 Å². The van der Waals surface area contributed by atoms with Crippen LogP contribution in [0, 0.1) is 11.8 Å². The first-order valence-electron chi connectivity index (χ1n) is 6.76. The first-order chi connectivity index (χ1) is 7.40. The molecule has 0 spiro atoms. The number of hydrogen-bond acceptors (Lipinski definition) is 0. The van der Waals surface area contributed by atoms with E-state index in [1.807, 2.05) is 0 Å². The van der Waals surface area contributed by atoms with E-state index in [4.69, 9.17) is 0 Å². The molecule has 0 heteroatoms. The van der Waals surface area contributed by atoms with Crippen molar-refractivity contribution in [2.75, 3.05) is 0 Å². The minimum Gasteiger partial charge on any atom is -0.0840 e. The summed E-state index contributed by atoms with van der Waals surface area (Å²) in [6, 6.07) is 0. The summed E-state index contributed by atoms with van der Waals surface area (Å²) in [6.45, 7) is 2.32. The molecule has 0 saturated heterocycles. The highest BCUT2D eigenvalue weighted by molar-refractivity contribution is 5.25. The van der Waals surface area contributed by atoms with E-state index < -0.39 is 0 Å². The maximum Gasteiger partial charge on any atom is -0.0165 e. The fraction of sp³-hybridized carbons (Fsp3) is 0.733. The molecule has 2 aliphatic rings. The Morgan fingerprint density at radius 3 is 2.53 bits per heavy atom. The third kappa shape index (κ3) is 2.96. The molecule has 15 heavy (non-hydrogen) atoms. The molecule has 0 nitrogen and oxygen atoms in total. The first-order valence-corrected chi connectivity index (χ1v) is 6.76. The molecule has 0 amide bonds. The molecule has 84 valence electrons. The van der Waals surface area contributed by atoms with Crippen LogP contribution in [0.15, 0.2) is 23.8 Å². The average molecular weight is 204 g/mol. The SMILES string of the molecule is CCCC1CCC(C2=CCCC=C2)CC1. The van der Waals surface area contributed by atoms with Gasteiger partial charge in [0.2, 0.25) is 0 Å². The molecule has 0 unspecified atom stereocenters. The fourth-order valence-corrected chi connectivity index (χ4v) is 3.13. The van der Waals surface area contributed by atoms with Crippen LogP contribution in [0.1, 0.15) is 58.3 Å². The molecule has 2 aliphatic carbocycles. The maximum atomic E-state index is 2.48. The Balaban J connectivity index is 1.82. The summed E-state index contributed by atoms with van der Waals surface area (Å²) in [5, 5.41) is 0. The van der Waals surface area contributed by atoms with Gasteiger partial charge < -0.3 is 0 Å². The Labute approximate surface area is 94.5 Å². The predicted octanol–water partition coefficient (Wildman–Crippen LogP) is 4.87. The van der Waals surface area contributed by atoms with Crippen LogP contribution in [0.2, 0.25) is 0 Å². The standard InChI is InChI=1S/C15H24/c1-2-6-13-9-11-15(12-10-13)14-7-4-3-5-8-14/h4,7-8,13,15H,2-3,5-6,9-12H2,1H3. The van der Waals surface area contributed by atoms with E-state index in [9.17, 15) is 0 Å². The molecule has 0 N–H and O–H groups in total. The monoisotopic (exact) mass is 204 g/mol. The molecule has 2 rings (SSSR count). The molecule has 0 aromatic carbocycles. The first kappa shape index (κ1) is 11.0. The molecule has 0 aliphatic heterocycles. The van der Waals surface area contributed by atoms with Crippen LogP contribution in [0.25, 0.3) is 0 Å². The summed E-state index contributed by atoms with van der Waals surface area (Å²) >= 11 is 0. The van der Waals surface area contributed by atoms with Crippen molar-refractivity contribution in [3.8, 4) is 0 Å². The highest BCUT2D eigenvalue weighted by Gasteiger charge is 2.22. The summed E-state index contributed by atoms with van der Waals surface area (Å²) in [5.41, 5.74) is 1.65. The predicted molar refractivity (Wildman–Crippen MR) is 66.8 cm³/mol. The topological polar surface area (TPSA) is 0 Å².